The quantitative estimate of drug-likeness (QED) is 0.0912. The highest BCUT2D eigenvalue weighted by Gasteiger charge is 1.97. The first-order valence-electron chi connectivity index (χ1n) is 15.2. The van der Waals surface area contributed by atoms with E-state index in [4.69, 9.17) is 5.11 Å². The van der Waals surface area contributed by atoms with E-state index >= 15 is 0 Å². The maximum absolute atomic E-state index is 9.13. The zero-order valence-electron chi connectivity index (χ0n) is 22.6. The van der Waals surface area contributed by atoms with Gasteiger partial charge in [-0.3, -0.25) is 5.32 Å². The summed E-state index contributed by atoms with van der Waals surface area (Å²) in [6.45, 7) is 5.05. The molecule has 0 saturated carbocycles. The van der Waals surface area contributed by atoms with Crippen molar-refractivity contribution in [1.29, 1.82) is 0 Å². The third-order valence-corrected chi connectivity index (χ3v) is 6.97. The summed E-state index contributed by atoms with van der Waals surface area (Å²) in [5.41, 5.74) is 0. The first kappa shape index (κ1) is 31.9. The standard InChI is InChI=1S/C30H63NO/c1-3-4-5-6-7-8-9-10-11-12-13-14-15-16-17-18-19-20-21-22-23-24-25-26-27-28-29-31-30(2)32/h30-32H,3-29H2,1-2H3. The lowest BCUT2D eigenvalue weighted by Gasteiger charge is -2.06. The van der Waals surface area contributed by atoms with E-state index in [2.05, 4.69) is 12.2 Å². The first-order chi connectivity index (χ1) is 15.8. The van der Waals surface area contributed by atoms with E-state index in [-0.39, 0.29) is 6.23 Å². The average molecular weight is 454 g/mol. The Morgan fingerprint density at radius 2 is 0.625 bits per heavy atom. The van der Waals surface area contributed by atoms with Crippen molar-refractivity contribution in [3.63, 3.8) is 0 Å². The third kappa shape index (κ3) is 29.9. The molecule has 32 heavy (non-hydrogen) atoms. The van der Waals surface area contributed by atoms with Crippen molar-refractivity contribution in [2.75, 3.05) is 6.54 Å². The van der Waals surface area contributed by atoms with E-state index in [1.54, 1.807) is 6.92 Å². The second kappa shape index (κ2) is 29.0. The lowest BCUT2D eigenvalue weighted by Crippen LogP contribution is -2.26. The maximum atomic E-state index is 9.13. The van der Waals surface area contributed by atoms with Crippen LogP contribution >= 0.6 is 0 Å². The van der Waals surface area contributed by atoms with E-state index < -0.39 is 0 Å². The van der Waals surface area contributed by atoms with E-state index in [1.165, 1.54) is 167 Å². The summed E-state index contributed by atoms with van der Waals surface area (Å²) >= 11 is 0. The van der Waals surface area contributed by atoms with Gasteiger partial charge >= 0.3 is 0 Å². The van der Waals surface area contributed by atoms with Gasteiger partial charge in [-0.15, -0.1) is 0 Å². The van der Waals surface area contributed by atoms with Crippen LogP contribution < -0.4 is 5.32 Å². The maximum Gasteiger partial charge on any atom is 0.102 e. The Hall–Kier alpha value is -0.0800. The Bertz CT molecular complexity index is 318. The fourth-order valence-corrected chi connectivity index (χ4v) is 4.75. The van der Waals surface area contributed by atoms with Gasteiger partial charge in [-0.1, -0.05) is 167 Å². The minimum Gasteiger partial charge on any atom is -0.379 e. The largest absolute Gasteiger partial charge is 0.379 e. The molecular weight excluding hydrogens is 390 g/mol. The van der Waals surface area contributed by atoms with Crippen LogP contribution in [0.5, 0.6) is 0 Å². The number of hydrogen-bond donors (Lipinski definition) is 2. The number of nitrogens with one attached hydrogen (secondary N) is 1. The summed E-state index contributed by atoms with van der Waals surface area (Å²) in [6, 6.07) is 0. The molecule has 0 radical (unpaired) electrons. The molecule has 194 valence electrons. The molecule has 0 heterocycles. The Kier molecular flexibility index (Phi) is 28.9. The molecule has 2 heteroatoms. The molecule has 0 aromatic rings. The van der Waals surface area contributed by atoms with Crippen LogP contribution in [0.25, 0.3) is 0 Å². The van der Waals surface area contributed by atoms with Crippen LogP contribution in [0.2, 0.25) is 0 Å². The number of aliphatic hydroxyl groups is 1. The van der Waals surface area contributed by atoms with Gasteiger partial charge < -0.3 is 5.11 Å². The van der Waals surface area contributed by atoms with Crippen molar-refractivity contribution < 1.29 is 5.11 Å². The topological polar surface area (TPSA) is 32.3 Å². The third-order valence-electron chi connectivity index (χ3n) is 6.97. The van der Waals surface area contributed by atoms with Crippen LogP contribution in [-0.2, 0) is 0 Å². The minimum absolute atomic E-state index is 0.353. The molecule has 0 fully saturated rings. The van der Waals surface area contributed by atoms with Crippen molar-refractivity contribution in [1.82, 2.24) is 5.32 Å². The highest BCUT2D eigenvalue weighted by Crippen LogP contribution is 2.15. The zero-order valence-corrected chi connectivity index (χ0v) is 22.6. The Morgan fingerprint density at radius 3 is 0.844 bits per heavy atom. The van der Waals surface area contributed by atoms with E-state index in [1.807, 2.05) is 0 Å². The van der Waals surface area contributed by atoms with E-state index in [0.717, 1.165) is 6.54 Å². The van der Waals surface area contributed by atoms with Gasteiger partial charge in [0.05, 0.1) is 0 Å². The van der Waals surface area contributed by atoms with Crippen LogP contribution in [0, 0.1) is 0 Å². The number of hydrogen-bond acceptors (Lipinski definition) is 2. The van der Waals surface area contributed by atoms with Gasteiger partial charge in [0, 0.05) is 0 Å². The Labute approximate surface area is 204 Å². The zero-order chi connectivity index (χ0) is 23.4. The van der Waals surface area contributed by atoms with Crippen LogP contribution in [0.15, 0.2) is 0 Å². The molecule has 0 aliphatic heterocycles. The molecule has 0 spiro atoms. The van der Waals surface area contributed by atoms with Crippen molar-refractivity contribution in [2.45, 2.75) is 187 Å². The molecule has 0 rings (SSSR count). The molecular formula is C30H63NO. The first-order valence-corrected chi connectivity index (χ1v) is 15.2. The number of unbranched alkanes of at least 4 members (excludes halogenated alkanes) is 25. The average Bonchev–Trinajstić information content (AvgIpc) is 2.78. The molecule has 1 atom stereocenters. The normalized spacial score (nSPS) is 12.5. The number of aliphatic hydroxyl groups excluding tert-OH is 1. The SMILES string of the molecule is CCCCCCCCCCCCCCCCCCCCCCCCCCCCNC(C)O. The van der Waals surface area contributed by atoms with Crippen molar-refractivity contribution in [3.05, 3.63) is 0 Å². The minimum atomic E-state index is -0.353. The van der Waals surface area contributed by atoms with Crippen molar-refractivity contribution >= 4 is 0 Å². The Balaban J connectivity index is 3.00. The summed E-state index contributed by atoms with van der Waals surface area (Å²) in [6.07, 6.45) is 37.1. The van der Waals surface area contributed by atoms with Gasteiger partial charge in [0.1, 0.15) is 6.23 Å². The van der Waals surface area contributed by atoms with Gasteiger partial charge in [0.15, 0.2) is 0 Å². The molecule has 0 aliphatic carbocycles. The van der Waals surface area contributed by atoms with Crippen LogP contribution in [0.4, 0.5) is 0 Å². The fourth-order valence-electron chi connectivity index (χ4n) is 4.75. The molecule has 1 unspecified atom stereocenters. The van der Waals surface area contributed by atoms with E-state index in [9.17, 15) is 0 Å². The highest BCUT2D eigenvalue weighted by atomic mass is 16.3. The number of rotatable bonds is 28. The predicted molar refractivity (Wildman–Crippen MR) is 145 cm³/mol. The predicted octanol–water partition coefficient (Wildman–Crippen LogP) is 10.1. The lowest BCUT2D eigenvalue weighted by molar-refractivity contribution is 0.156. The molecule has 2 nitrogen and oxygen atoms in total. The van der Waals surface area contributed by atoms with Crippen LogP contribution in [0.1, 0.15) is 181 Å². The van der Waals surface area contributed by atoms with Crippen LogP contribution in [-0.4, -0.2) is 17.9 Å². The van der Waals surface area contributed by atoms with Gasteiger partial charge in [-0.25, -0.2) is 0 Å². The van der Waals surface area contributed by atoms with Crippen molar-refractivity contribution in [3.8, 4) is 0 Å². The summed E-state index contributed by atoms with van der Waals surface area (Å²) in [5, 5.41) is 12.2. The van der Waals surface area contributed by atoms with Crippen LogP contribution in [0.3, 0.4) is 0 Å². The molecule has 0 amide bonds. The van der Waals surface area contributed by atoms with Gasteiger partial charge in [-0.2, -0.15) is 0 Å². The summed E-state index contributed by atoms with van der Waals surface area (Å²) < 4.78 is 0. The highest BCUT2D eigenvalue weighted by molar-refractivity contribution is 4.53. The Morgan fingerprint density at radius 1 is 0.406 bits per heavy atom. The molecule has 0 aliphatic rings. The lowest BCUT2D eigenvalue weighted by atomic mass is 10.0. The summed E-state index contributed by atoms with van der Waals surface area (Å²) in [7, 11) is 0. The smallest absolute Gasteiger partial charge is 0.102 e. The second-order valence-electron chi connectivity index (χ2n) is 10.5. The van der Waals surface area contributed by atoms with Crippen molar-refractivity contribution in [2.24, 2.45) is 0 Å². The van der Waals surface area contributed by atoms with Gasteiger partial charge in [0.25, 0.3) is 0 Å². The molecule has 2 N–H and O–H groups in total. The van der Waals surface area contributed by atoms with Gasteiger partial charge in [0.2, 0.25) is 0 Å². The summed E-state index contributed by atoms with van der Waals surface area (Å²) in [4.78, 5) is 0. The monoisotopic (exact) mass is 453 g/mol. The molecule has 0 saturated heterocycles. The fraction of sp³-hybridized carbons (Fsp3) is 1.00. The second-order valence-corrected chi connectivity index (χ2v) is 10.5. The molecule has 0 aromatic carbocycles. The molecule has 0 aromatic heterocycles. The molecule has 0 bridgehead atoms. The van der Waals surface area contributed by atoms with Gasteiger partial charge in [-0.05, 0) is 19.9 Å². The van der Waals surface area contributed by atoms with E-state index in [0.29, 0.717) is 0 Å². The summed E-state index contributed by atoms with van der Waals surface area (Å²) in [5.74, 6) is 0.